The number of nitrogens with zero attached hydrogens (tertiary/aromatic N) is 2. The highest BCUT2D eigenvalue weighted by Crippen LogP contribution is 2.29. The third-order valence-electron chi connectivity index (χ3n) is 4.16. The summed E-state index contributed by atoms with van der Waals surface area (Å²) in [6, 6.07) is 5.92. The molecule has 3 rings (SSSR count). The van der Waals surface area contributed by atoms with Crippen LogP contribution in [0.25, 0.3) is 5.69 Å². The predicted molar refractivity (Wildman–Crippen MR) is 78.7 cm³/mol. The maximum Gasteiger partial charge on any atom is 0.0995 e. The molecule has 1 aromatic heterocycles. The normalized spacial score (nSPS) is 16.9. The number of imidazole rings is 1. The van der Waals surface area contributed by atoms with Crippen LogP contribution in [0.4, 0.5) is 0 Å². The highest BCUT2D eigenvalue weighted by Gasteiger charge is 2.34. The Bertz CT molecular complexity index is 611. The summed E-state index contributed by atoms with van der Waals surface area (Å²) < 4.78 is 2.18. The summed E-state index contributed by atoms with van der Waals surface area (Å²) >= 11 is 0. The zero-order chi connectivity index (χ0) is 12.9. The van der Waals surface area contributed by atoms with Crippen LogP contribution in [-0.2, 0) is 6.42 Å². The molecule has 1 aliphatic heterocycles. The first-order valence-corrected chi connectivity index (χ1v) is 9.84. The average molecular weight is 256 g/mol. The topological polar surface area (TPSA) is 17.8 Å². The van der Waals surface area contributed by atoms with Crippen LogP contribution in [0.5, 0.6) is 0 Å². The SMILES string of the molecule is Cc1cn(-c2ccc(C)c3c2CC[Si]3(C)C)cn1. The van der Waals surface area contributed by atoms with Crippen molar-refractivity contribution in [1.29, 1.82) is 0 Å². The molecule has 0 bridgehead atoms. The van der Waals surface area contributed by atoms with E-state index in [1.54, 1.807) is 10.8 Å². The van der Waals surface area contributed by atoms with Crippen LogP contribution < -0.4 is 5.19 Å². The molecule has 0 radical (unpaired) electrons. The van der Waals surface area contributed by atoms with Crippen LogP contribution in [0.15, 0.2) is 24.7 Å². The van der Waals surface area contributed by atoms with Crippen molar-refractivity contribution >= 4 is 13.3 Å². The minimum Gasteiger partial charge on any atom is -0.306 e. The Hall–Kier alpha value is -1.35. The lowest BCUT2D eigenvalue weighted by atomic mass is 10.1. The predicted octanol–water partition coefficient (Wildman–Crippen LogP) is 2.96. The Kier molecular flexibility index (Phi) is 2.49. The van der Waals surface area contributed by atoms with Gasteiger partial charge in [-0.15, -0.1) is 0 Å². The fourth-order valence-electron chi connectivity index (χ4n) is 3.31. The molecule has 0 amide bonds. The van der Waals surface area contributed by atoms with E-state index < -0.39 is 8.07 Å². The van der Waals surface area contributed by atoms with Crippen LogP contribution in [0, 0.1) is 13.8 Å². The minimum atomic E-state index is -1.20. The molecule has 0 atom stereocenters. The van der Waals surface area contributed by atoms with Gasteiger partial charge in [0.05, 0.1) is 20.1 Å². The smallest absolute Gasteiger partial charge is 0.0995 e. The van der Waals surface area contributed by atoms with E-state index in [0.29, 0.717) is 0 Å². The van der Waals surface area contributed by atoms with Crippen molar-refractivity contribution in [2.75, 3.05) is 0 Å². The number of fused-ring (bicyclic) bond motifs is 1. The monoisotopic (exact) mass is 256 g/mol. The lowest BCUT2D eigenvalue weighted by molar-refractivity contribution is 1.01. The second-order valence-corrected chi connectivity index (χ2v) is 10.8. The summed E-state index contributed by atoms with van der Waals surface area (Å²) in [5.41, 5.74) is 5.48. The van der Waals surface area contributed by atoms with Crippen molar-refractivity contribution < 1.29 is 0 Å². The molecule has 0 saturated heterocycles. The number of aromatic nitrogens is 2. The van der Waals surface area contributed by atoms with Gasteiger partial charge in [-0.25, -0.2) is 4.98 Å². The van der Waals surface area contributed by atoms with E-state index in [4.69, 9.17) is 0 Å². The molecule has 0 N–H and O–H groups in total. The van der Waals surface area contributed by atoms with Gasteiger partial charge >= 0.3 is 0 Å². The molecule has 1 aliphatic rings. The summed E-state index contributed by atoms with van der Waals surface area (Å²) in [6.07, 6.45) is 5.30. The van der Waals surface area contributed by atoms with Gasteiger partial charge in [-0.05, 0) is 37.9 Å². The molecule has 2 heterocycles. The molecule has 2 aromatic rings. The van der Waals surface area contributed by atoms with Gasteiger partial charge in [0, 0.05) is 11.9 Å². The Balaban J connectivity index is 2.23. The minimum absolute atomic E-state index is 1.08. The van der Waals surface area contributed by atoms with Crippen molar-refractivity contribution in [3.63, 3.8) is 0 Å². The number of benzene rings is 1. The number of hydrogen-bond donors (Lipinski definition) is 0. The molecular weight excluding hydrogens is 236 g/mol. The Morgan fingerprint density at radius 3 is 2.67 bits per heavy atom. The van der Waals surface area contributed by atoms with Gasteiger partial charge in [0.2, 0.25) is 0 Å². The standard InChI is InChI=1S/C15H20N2Si/c1-11-5-6-14(17-9-12(2)16-10-17)13-7-8-18(3,4)15(11)13/h5-6,9-10H,7-8H2,1-4H3. The van der Waals surface area contributed by atoms with Crippen LogP contribution in [0.2, 0.25) is 19.1 Å². The molecule has 1 aromatic carbocycles. The van der Waals surface area contributed by atoms with Crippen LogP contribution >= 0.6 is 0 Å². The zero-order valence-corrected chi connectivity index (χ0v) is 12.6. The molecule has 0 spiro atoms. The van der Waals surface area contributed by atoms with Gasteiger partial charge in [-0.3, -0.25) is 0 Å². The Morgan fingerprint density at radius 2 is 2.00 bits per heavy atom. The summed E-state index contributed by atoms with van der Waals surface area (Å²) in [4.78, 5) is 4.35. The maximum atomic E-state index is 4.35. The molecule has 2 nitrogen and oxygen atoms in total. The first kappa shape index (κ1) is 11.7. The average Bonchev–Trinajstić information content (AvgIpc) is 2.85. The van der Waals surface area contributed by atoms with Gasteiger partial charge in [0.15, 0.2) is 0 Å². The summed E-state index contributed by atoms with van der Waals surface area (Å²) in [5.74, 6) is 0. The number of aryl methyl sites for hydroxylation is 2. The second kappa shape index (κ2) is 3.82. The molecule has 18 heavy (non-hydrogen) atoms. The van der Waals surface area contributed by atoms with Crippen molar-refractivity contribution in [3.05, 3.63) is 41.5 Å². The molecule has 0 saturated carbocycles. The lowest BCUT2D eigenvalue weighted by Gasteiger charge is -2.20. The van der Waals surface area contributed by atoms with Crippen LogP contribution in [-0.4, -0.2) is 17.6 Å². The van der Waals surface area contributed by atoms with Crippen molar-refractivity contribution in [1.82, 2.24) is 9.55 Å². The first-order valence-electron chi connectivity index (χ1n) is 6.63. The van der Waals surface area contributed by atoms with E-state index in [-0.39, 0.29) is 0 Å². The quantitative estimate of drug-likeness (QED) is 0.717. The van der Waals surface area contributed by atoms with Gasteiger partial charge in [0.1, 0.15) is 0 Å². The van der Waals surface area contributed by atoms with E-state index in [2.05, 4.69) is 47.9 Å². The van der Waals surface area contributed by atoms with Gasteiger partial charge in [-0.2, -0.15) is 0 Å². The van der Waals surface area contributed by atoms with E-state index in [0.717, 1.165) is 5.69 Å². The van der Waals surface area contributed by atoms with E-state index >= 15 is 0 Å². The summed E-state index contributed by atoms with van der Waals surface area (Å²) in [5, 5.41) is 1.69. The molecule has 0 aliphatic carbocycles. The van der Waals surface area contributed by atoms with Gasteiger partial charge < -0.3 is 4.57 Å². The molecule has 3 heteroatoms. The second-order valence-electron chi connectivity index (χ2n) is 6.06. The largest absolute Gasteiger partial charge is 0.306 e. The number of hydrogen-bond acceptors (Lipinski definition) is 1. The molecular formula is C15H20N2Si. The zero-order valence-electron chi connectivity index (χ0n) is 11.6. The number of rotatable bonds is 1. The van der Waals surface area contributed by atoms with E-state index in [1.165, 1.54) is 23.7 Å². The van der Waals surface area contributed by atoms with Crippen molar-refractivity contribution in [2.24, 2.45) is 0 Å². The first-order chi connectivity index (χ1) is 8.49. The Labute approximate surface area is 110 Å². The van der Waals surface area contributed by atoms with Crippen LogP contribution in [0.3, 0.4) is 0 Å². The van der Waals surface area contributed by atoms with Crippen molar-refractivity contribution in [3.8, 4) is 5.69 Å². The highest BCUT2D eigenvalue weighted by molar-refractivity contribution is 6.91. The van der Waals surface area contributed by atoms with Gasteiger partial charge in [0.25, 0.3) is 0 Å². The van der Waals surface area contributed by atoms with Crippen LogP contribution in [0.1, 0.15) is 16.8 Å². The highest BCUT2D eigenvalue weighted by atomic mass is 28.3. The fraction of sp³-hybridized carbons (Fsp3) is 0.400. The van der Waals surface area contributed by atoms with Crippen molar-refractivity contribution in [2.45, 2.75) is 39.4 Å². The summed E-state index contributed by atoms with van der Waals surface area (Å²) in [6.45, 7) is 9.30. The molecule has 94 valence electrons. The van der Waals surface area contributed by atoms with Gasteiger partial charge in [-0.1, -0.05) is 29.9 Å². The Morgan fingerprint density at radius 1 is 1.22 bits per heavy atom. The maximum absolute atomic E-state index is 4.35. The fourth-order valence-corrected chi connectivity index (χ4v) is 6.65. The van der Waals surface area contributed by atoms with E-state index in [1.807, 2.05) is 13.3 Å². The van der Waals surface area contributed by atoms with E-state index in [9.17, 15) is 0 Å². The third kappa shape index (κ3) is 1.65. The third-order valence-corrected chi connectivity index (χ3v) is 7.71. The summed E-state index contributed by atoms with van der Waals surface area (Å²) in [7, 11) is -1.20. The lowest BCUT2D eigenvalue weighted by Crippen LogP contribution is -2.39. The molecule has 0 fully saturated rings. The molecule has 0 unspecified atom stereocenters.